The molecule has 0 aromatic carbocycles. The van der Waals surface area contributed by atoms with E-state index in [0.29, 0.717) is 12.6 Å². The lowest BCUT2D eigenvalue weighted by Crippen LogP contribution is -2.48. The Labute approximate surface area is 80.5 Å². The fourth-order valence-corrected chi connectivity index (χ4v) is 2.02. The molecular formula is C10H19N3. The molecule has 0 spiro atoms. The molecule has 1 saturated heterocycles. The quantitative estimate of drug-likeness (QED) is 0.709. The molecule has 1 aliphatic heterocycles. The van der Waals surface area contributed by atoms with Crippen LogP contribution in [0, 0.1) is 11.3 Å². The van der Waals surface area contributed by atoms with Crippen molar-refractivity contribution in [3.63, 3.8) is 0 Å². The maximum atomic E-state index is 8.81. The monoisotopic (exact) mass is 181 g/mol. The van der Waals surface area contributed by atoms with Crippen LogP contribution in [-0.2, 0) is 0 Å². The van der Waals surface area contributed by atoms with Gasteiger partial charge in [0.1, 0.15) is 5.54 Å². The summed E-state index contributed by atoms with van der Waals surface area (Å²) in [6.07, 6.45) is 3.68. The highest BCUT2D eigenvalue weighted by Gasteiger charge is 2.29. The van der Waals surface area contributed by atoms with Crippen molar-refractivity contribution in [1.29, 1.82) is 5.26 Å². The molecule has 0 aliphatic carbocycles. The molecule has 0 amide bonds. The zero-order valence-corrected chi connectivity index (χ0v) is 8.58. The van der Waals surface area contributed by atoms with Gasteiger partial charge in [-0.15, -0.1) is 0 Å². The third-order valence-corrected chi connectivity index (χ3v) is 2.76. The standard InChI is InChI=1S/C10H19N3/c1-3-9-5-4-6-13(9)8-10(2,12)7-11/h9H,3-6,8,12H2,1-2H3. The Balaban J connectivity index is 2.49. The van der Waals surface area contributed by atoms with Crippen molar-refractivity contribution in [3.05, 3.63) is 0 Å². The summed E-state index contributed by atoms with van der Waals surface area (Å²) >= 11 is 0. The molecule has 1 rings (SSSR count). The minimum absolute atomic E-state index is 0.649. The van der Waals surface area contributed by atoms with Crippen molar-refractivity contribution in [2.45, 2.75) is 44.7 Å². The number of nitrogens with zero attached hydrogens (tertiary/aromatic N) is 2. The predicted octanol–water partition coefficient (Wildman–Crippen LogP) is 1.10. The molecule has 1 aliphatic rings. The smallest absolute Gasteiger partial charge is 0.114 e. The molecule has 13 heavy (non-hydrogen) atoms. The Kier molecular flexibility index (Phi) is 3.29. The maximum Gasteiger partial charge on any atom is 0.114 e. The summed E-state index contributed by atoms with van der Waals surface area (Å²) in [4.78, 5) is 2.35. The van der Waals surface area contributed by atoms with E-state index in [4.69, 9.17) is 11.0 Å². The maximum absolute atomic E-state index is 8.81. The summed E-state index contributed by atoms with van der Waals surface area (Å²) < 4.78 is 0. The zero-order valence-electron chi connectivity index (χ0n) is 8.58. The first-order valence-electron chi connectivity index (χ1n) is 5.03. The number of hydrogen-bond acceptors (Lipinski definition) is 3. The van der Waals surface area contributed by atoms with Crippen molar-refractivity contribution >= 4 is 0 Å². The van der Waals surface area contributed by atoms with Crippen molar-refractivity contribution < 1.29 is 0 Å². The molecule has 2 unspecified atom stereocenters. The fraction of sp³-hybridized carbons (Fsp3) is 0.900. The van der Waals surface area contributed by atoms with Gasteiger partial charge in [0.15, 0.2) is 0 Å². The van der Waals surface area contributed by atoms with Crippen molar-refractivity contribution in [3.8, 4) is 6.07 Å². The molecule has 0 saturated carbocycles. The van der Waals surface area contributed by atoms with E-state index in [1.165, 1.54) is 19.3 Å². The molecule has 0 aromatic rings. The van der Waals surface area contributed by atoms with Crippen LogP contribution in [0.2, 0.25) is 0 Å². The molecule has 1 fully saturated rings. The van der Waals surface area contributed by atoms with E-state index in [9.17, 15) is 0 Å². The van der Waals surface area contributed by atoms with Gasteiger partial charge in [-0.25, -0.2) is 0 Å². The van der Waals surface area contributed by atoms with Gasteiger partial charge in [0.05, 0.1) is 6.07 Å². The molecule has 2 N–H and O–H groups in total. The first-order chi connectivity index (χ1) is 6.09. The third-order valence-electron chi connectivity index (χ3n) is 2.76. The Bertz CT molecular complexity index is 205. The highest BCUT2D eigenvalue weighted by atomic mass is 15.2. The number of hydrogen-bond donors (Lipinski definition) is 1. The molecule has 74 valence electrons. The summed E-state index contributed by atoms with van der Waals surface area (Å²) in [5.74, 6) is 0. The van der Waals surface area contributed by atoms with E-state index in [1.54, 1.807) is 6.92 Å². The number of rotatable bonds is 3. The second kappa shape index (κ2) is 4.08. The molecule has 0 bridgehead atoms. The highest BCUT2D eigenvalue weighted by molar-refractivity contribution is 5.04. The van der Waals surface area contributed by atoms with Crippen LogP contribution < -0.4 is 5.73 Å². The van der Waals surface area contributed by atoms with Crippen LogP contribution in [0.5, 0.6) is 0 Å². The molecule has 3 nitrogen and oxygen atoms in total. The van der Waals surface area contributed by atoms with E-state index in [2.05, 4.69) is 17.9 Å². The van der Waals surface area contributed by atoms with Crippen LogP contribution in [0.15, 0.2) is 0 Å². The van der Waals surface area contributed by atoms with Crippen LogP contribution in [-0.4, -0.2) is 29.6 Å². The van der Waals surface area contributed by atoms with Crippen LogP contribution in [0.25, 0.3) is 0 Å². The van der Waals surface area contributed by atoms with Crippen LogP contribution in [0.1, 0.15) is 33.1 Å². The van der Waals surface area contributed by atoms with Gasteiger partial charge >= 0.3 is 0 Å². The minimum atomic E-state index is -0.683. The second-order valence-corrected chi connectivity index (χ2v) is 4.20. The summed E-state index contributed by atoms with van der Waals surface area (Å²) in [5.41, 5.74) is 5.13. The second-order valence-electron chi connectivity index (χ2n) is 4.20. The SMILES string of the molecule is CCC1CCCN1CC(C)(N)C#N. The normalized spacial score (nSPS) is 28.3. The van der Waals surface area contributed by atoms with E-state index >= 15 is 0 Å². The van der Waals surface area contributed by atoms with Gasteiger partial charge in [-0.3, -0.25) is 4.90 Å². The summed E-state index contributed by atoms with van der Waals surface area (Å²) in [6, 6.07) is 2.80. The van der Waals surface area contributed by atoms with E-state index in [-0.39, 0.29) is 0 Å². The number of nitrogens with two attached hydrogens (primary N) is 1. The average Bonchev–Trinajstić information content (AvgIpc) is 2.51. The van der Waals surface area contributed by atoms with Gasteiger partial charge in [0, 0.05) is 12.6 Å². The Hall–Kier alpha value is -0.590. The van der Waals surface area contributed by atoms with Crippen molar-refractivity contribution in [2.24, 2.45) is 5.73 Å². The molecule has 0 aromatic heterocycles. The van der Waals surface area contributed by atoms with Crippen molar-refractivity contribution in [2.75, 3.05) is 13.1 Å². The van der Waals surface area contributed by atoms with Gasteiger partial charge in [0.2, 0.25) is 0 Å². The Morgan fingerprint density at radius 2 is 2.38 bits per heavy atom. The summed E-state index contributed by atoms with van der Waals surface area (Å²) in [7, 11) is 0. The minimum Gasteiger partial charge on any atom is -0.313 e. The predicted molar refractivity (Wildman–Crippen MR) is 53.1 cm³/mol. The lowest BCUT2D eigenvalue weighted by molar-refractivity contribution is 0.219. The molecular weight excluding hydrogens is 162 g/mol. The lowest BCUT2D eigenvalue weighted by Gasteiger charge is -2.28. The lowest BCUT2D eigenvalue weighted by atomic mass is 10.0. The van der Waals surface area contributed by atoms with E-state index in [1.807, 2.05) is 0 Å². The van der Waals surface area contributed by atoms with Gasteiger partial charge in [-0.05, 0) is 32.7 Å². The van der Waals surface area contributed by atoms with Gasteiger partial charge in [-0.1, -0.05) is 6.92 Å². The van der Waals surface area contributed by atoms with Gasteiger partial charge in [-0.2, -0.15) is 5.26 Å². The number of likely N-dealkylation sites (tertiary alicyclic amines) is 1. The van der Waals surface area contributed by atoms with Crippen molar-refractivity contribution in [1.82, 2.24) is 4.90 Å². The topological polar surface area (TPSA) is 53.0 Å². The summed E-state index contributed by atoms with van der Waals surface area (Å²) in [6.45, 7) is 5.82. The zero-order chi connectivity index (χ0) is 9.90. The average molecular weight is 181 g/mol. The molecule has 1 heterocycles. The highest BCUT2D eigenvalue weighted by Crippen LogP contribution is 2.21. The molecule has 0 radical (unpaired) electrons. The third kappa shape index (κ3) is 2.68. The van der Waals surface area contributed by atoms with Crippen LogP contribution in [0.4, 0.5) is 0 Å². The van der Waals surface area contributed by atoms with Gasteiger partial charge in [0.25, 0.3) is 0 Å². The Morgan fingerprint density at radius 1 is 1.69 bits per heavy atom. The van der Waals surface area contributed by atoms with Gasteiger partial charge < -0.3 is 5.73 Å². The molecule has 3 heteroatoms. The van der Waals surface area contributed by atoms with Crippen LogP contribution >= 0.6 is 0 Å². The first kappa shape index (κ1) is 10.5. The largest absolute Gasteiger partial charge is 0.313 e. The Morgan fingerprint density at radius 3 is 2.92 bits per heavy atom. The van der Waals surface area contributed by atoms with E-state index in [0.717, 1.165) is 6.54 Å². The fourth-order valence-electron chi connectivity index (χ4n) is 2.02. The number of nitriles is 1. The van der Waals surface area contributed by atoms with E-state index < -0.39 is 5.54 Å². The summed E-state index contributed by atoms with van der Waals surface area (Å²) in [5, 5.41) is 8.81. The first-order valence-corrected chi connectivity index (χ1v) is 5.03. The van der Waals surface area contributed by atoms with Crippen LogP contribution in [0.3, 0.4) is 0 Å². The molecule has 2 atom stereocenters.